The summed E-state index contributed by atoms with van der Waals surface area (Å²) in [5.41, 5.74) is 9.73. The minimum absolute atomic E-state index is 0.638. The summed E-state index contributed by atoms with van der Waals surface area (Å²) in [6.45, 7) is 2.78. The number of benzene rings is 1. The number of rotatable bonds is 2. The number of nitrogens with zero attached hydrogens (tertiary/aromatic N) is 1. The minimum atomic E-state index is 0.638. The Balaban J connectivity index is 2.29. The lowest BCUT2D eigenvalue weighted by Crippen LogP contribution is -1.94. The molecule has 2 heteroatoms. The van der Waals surface area contributed by atoms with Gasteiger partial charge in [-0.05, 0) is 37.0 Å². The van der Waals surface area contributed by atoms with E-state index in [1.807, 2.05) is 0 Å². The molecule has 15 heavy (non-hydrogen) atoms. The van der Waals surface area contributed by atoms with Crippen LogP contribution >= 0.6 is 0 Å². The summed E-state index contributed by atoms with van der Waals surface area (Å²) >= 11 is 0. The molecule has 2 N–H and O–H groups in total. The number of nitrogens with two attached hydrogens (primary N) is 1. The third-order valence-electron chi connectivity index (χ3n) is 3.23. The Bertz CT molecular complexity index is 506. The third-order valence-corrected chi connectivity index (χ3v) is 3.23. The zero-order valence-electron chi connectivity index (χ0n) is 9.03. The second-order valence-electron chi connectivity index (χ2n) is 4.52. The lowest BCUT2D eigenvalue weighted by atomic mass is 10.1. The van der Waals surface area contributed by atoms with Gasteiger partial charge in [0.2, 0.25) is 0 Å². The van der Waals surface area contributed by atoms with E-state index in [-0.39, 0.29) is 0 Å². The van der Waals surface area contributed by atoms with Gasteiger partial charge in [0.25, 0.3) is 0 Å². The van der Waals surface area contributed by atoms with E-state index in [4.69, 9.17) is 5.73 Å². The van der Waals surface area contributed by atoms with E-state index < -0.39 is 0 Å². The maximum absolute atomic E-state index is 5.77. The van der Waals surface area contributed by atoms with E-state index in [0.717, 1.165) is 6.04 Å². The molecule has 1 saturated carbocycles. The lowest BCUT2D eigenvalue weighted by molar-refractivity contribution is 0.770. The molecule has 0 unspecified atom stereocenters. The van der Waals surface area contributed by atoms with Gasteiger partial charge in [0, 0.05) is 29.7 Å². The van der Waals surface area contributed by atoms with Crippen LogP contribution in [0.3, 0.4) is 0 Å². The average molecular weight is 200 g/mol. The van der Waals surface area contributed by atoms with Gasteiger partial charge in [-0.3, -0.25) is 0 Å². The van der Waals surface area contributed by atoms with Gasteiger partial charge in [0.05, 0.1) is 0 Å². The van der Waals surface area contributed by atoms with Gasteiger partial charge in [-0.1, -0.05) is 12.1 Å². The normalized spacial score (nSPS) is 16.1. The SMILES string of the molecule is Cc1ccc2c(CN)cn(C3CC3)c2c1. The number of fused-ring (bicyclic) bond motifs is 1. The van der Waals surface area contributed by atoms with Crippen molar-refractivity contribution in [1.82, 2.24) is 4.57 Å². The summed E-state index contributed by atoms with van der Waals surface area (Å²) in [6.07, 6.45) is 4.88. The summed E-state index contributed by atoms with van der Waals surface area (Å²) in [4.78, 5) is 0. The molecule has 0 radical (unpaired) electrons. The molecule has 2 aromatic rings. The Labute approximate surface area is 89.7 Å². The van der Waals surface area contributed by atoms with Crippen LogP contribution in [0.15, 0.2) is 24.4 Å². The maximum atomic E-state index is 5.77. The zero-order chi connectivity index (χ0) is 10.4. The van der Waals surface area contributed by atoms with Crippen molar-refractivity contribution in [2.75, 3.05) is 0 Å². The largest absolute Gasteiger partial charge is 0.344 e. The quantitative estimate of drug-likeness (QED) is 0.794. The monoisotopic (exact) mass is 200 g/mol. The lowest BCUT2D eigenvalue weighted by Gasteiger charge is -2.02. The van der Waals surface area contributed by atoms with Crippen LogP contribution in [0.5, 0.6) is 0 Å². The first kappa shape index (κ1) is 8.98. The molecular weight excluding hydrogens is 184 g/mol. The molecule has 1 aliphatic rings. The van der Waals surface area contributed by atoms with Crippen molar-refractivity contribution >= 4 is 10.9 Å². The van der Waals surface area contributed by atoms with E-state index in [1.165, 1.54) is 34.9 Å². The van der Waals surface area contributed by atoms with Crippen LogP contribution in [0.2, 0.25) is 0 Å². The summed E-state index contributed by atoms with van der Waals surface area (Å²) in [6, 6.07) is 7.37. The molecule has 0 saturated heterocycles. The van der Waals surface area contributed by atoms with Gasteiger partial charge < -0.3 is 10.3 Å². The maximum Gasteiger partial charge on any atom is 0.0488 e. The number of hydrogen-bond acceptors (Lipinski definition) is 1. The van der Waals surface area contributed by atoms with Crippen molar-refractivity contribution in [3.63, 3.8) is 0 Å². The van der Waals surface area contributed by atoms with Crippen LogP contribution in [0.4, 0.5) is 0 Å². The molecule has 0 spiro atoms. The standard InChI is InChI=1S/C13H16N2/c1-9-2-5-12-10(7-14)8-15(11-3-4-11)13(12)6-9/h2,5-6,8,11H,3-4,7,14H2,1H3. The molecule has 3 rings (SSSR count). The molecule has 0 atom stereocenters. The highest BCUT2D eigenvalue weighted by molar-refractivity contribution is 5.84. The molecule has 0 amide bonds. The van der Waals surface area contributed by atoms with E-state index >= 15 is 0 Å². The molecule has 2 nitrogen and oxygen atoms in total. The topological polar surface area (TPSA) is 30.9 Å². The van der Waals surface area contributed by atoms with Gasteiger partial charge in [-0.2, -0.15) is 0 Å². The Kier molecular flexibility index (Phi) is 1.86. The Morgan fingerprint density at radius 3 is 2.87 bits per heavy atom. The summed E-state index contributed by atoms with van der Waals surface area (Å²) in [7, 11) is 0. The predicted molar refractivity (Wildman–Crippen MR) is 62.8 cm³/mol. The number of hydrogen-bond donors (Lipinski definition) is 1. The molecule has 0 aliphatic heterocycles. The Morgan fingerprint density at radius 2 is 2.20 bits per heavy atom. The molecule has 1 aromatic carbocycles. The first-order chi connectivity index (χ1) is 7.29. The molecule has 1 aromatic heterocycles. The molecular formula is C13H16N2. The first-order valence-electron chi connectivity index (χ1n) is 5.60. The number of aryl methyl sites for hydroxylation is 1. The van der Waals surface area contributed by atoms with E-state index in [0.29, 0.717) is 6.54 Å². The second-order valence-corrected chi connectivity index (χ2v) is 4.52. The minimum Gasteiger partial charge on any atom is -0.344 e. The van der Waals surface area contributed by atoms with Gasteiger partial charge in [-0.15, -0.1) is 0 Å². The highest BCUT2D eigenvalue weighted by Gasteiger charge is 2.25. The molecule has 1 heterocycles. The molecule has 1 fully saturated rings. The van der Waals surface area contributed by atoms with Gasteiger partial charge in [0.15, 0.2) is 0 Å². The fourth-order valence-corrected chi connectivity index (χ4v) is 2.25. The average Bonchev–Trinajstić information content (AvgIpc) is 3.00. The van der Waals surface area contributed by atoms with Crippen LogP contribution in [0.25, 0.3) is 10.9 Å². The van der Waals surface area contributed by atoms with Gasteiger partial charge in [-0.25, -0.2) is 0 Å². The fraction of sp³-hybridized carbons (Fsp3) is 0.385. The number of aromatic nitrogens is 1. The van der Waals surface area contributed by atoms with Gasteiger partial charge >= 0.3 is 0 Å². The van der Waals surface area contributed by atoms with Crippen molar-refractivity contribution in [2.24, 2.45) is 5.73 Å². The van der Waals surface area contributed by atoms with Crippen LogP contribution in [-0.4, -0.2) is 4.57 Å². The van der Waals surface area contributed by atoms with Crippen molar-refractivity contribution in [3.8, 4) is 0 Å². The fourth-order valence-electron chi connectivity index (χ4n) is 2.25. The summed E-state index contributed by atoms with van der Waals surface area (Å²) < 4.78 is 2.41. The molecule has 1 aliphatic carbocycles. The Hall–Kier alpha value is -1.28. The zero-order valence-corrected chi connectivity index (χ0v) is 9.03. The summed E-state index contributed by atoms with van der Waals surface area (Å²) in [5.74, 6) is 0. The van der Waals surface area contributed by atoms with E-state index in [1.54, 1.807) is 0 Å². The van der Waals surface area contributed by atoms with Crippen molar-refractivity contribution in [1.29, 1.82) is 0 Å². The summed E-state index contributed by atoms with van der Waals surface area (Å²) in [5, 5.41) is 1.33. The highest BCUT2D eigenvalue weighted by atomic mass is 15.0. The van der Waals surface area contributed by atoms with Crippen molar-refractivity contribution < 1.29 is 0 Å². The Morgan fingerprint density at radius 1 is 1.40 bits per heavy atom. The van der Waals surface area contributed by atoms with Crippen molar-refractivity contribution in [2.45, 2.75) is 32.4 Å². The third kappa shape index (κ3) is 1.37. The smallest absolute Gasteiger partial charge is 0.0488 e. The molecule has 0 bridgehead atoms. The van der Waals surface area contributed by atoms with Gasteiger partial charge in [0.1, 0.15) is 0 Å². The van der Waals surface area contributed by atoms with Crippen LogP contribution in [-0.2, 0) is 6.54 Å². The first-order valence-corrected chi connectivity index (χ1v) is 5.60. The second kappa shape index (κ2) is 3.11. The van der Waals surface area contributed by atoms with E-state index in [2.05, 4.69) is 35.9 Å². The van der Waals surface area contributed by atoms with Crippen LogP contribution in [0.1, 0.15) is 30.0 Å². The highest BCUT2D eigenvalue weighted by Crippen LogP contribution is 2.39. The predicted octanol–water partition coefficient (Wildman–Crippen LogP) is 2.74. The van der Waals surface area contributed by atoms with E-state index in [9.17, 15) is 0 Å². The molecule has 78 valence electrons. The van der Waals surface area contributed by atoms with Crippen LogP contribution < -0.4 is 5.73 Å². The van der Waals surface area contributed by atoms with Crippen LogP contribution in [0, 0.1) is 6.92 Å². The van der Waals surface area contributed by atoms with Crippen molar-refractivity contribution in [3.05, 3.63) is 35.5 Å².